The second kappa shape index (κ2) is 5.65. The molecule has 1 aliphatic heterocycles. The van der Waals surface area contributed by atoms with E-state index < -0.39 is 0 Å². The van der Waals surface area contributed by atoms with Crippen LogP contribution in [0.3, 0.4) is 0 Å². The lowest BCUT2D eigenvalue weighted by Crippen LogP contribution is -2.23. The molecule has 1 aromatic heterocycles. The zero-order valence-corrected chi connectivity index (χ0v) is 10.0. The fraction of sp³-hybridized carbons (Fsp3) is 0.538. The van der Waals surface area contributed by atoms with E-state index in [0.717, 1.165) is 31.7 Å². The second-order valence-corrected chi connectivity index (χ2v) is 4.28. The maximum Gasteiger partial charge on any atom is 0.101 e. The van der Waals surface area contributed by atoms with Crippen molar-refractivity contribution in [2.75, 3.05) is 18.5 Å². The average molecular weight is 231 g/mol. The maximum atomic E-state index is 8.97. The molecular formula is C13H17N3O. The van der Waals surface area contributed by atoms with Crippen molar-refractivity contribution >= 4 is 5.69 Å². The topological polar surface area (TPSA) is 57.9 Å². The second-order valence-electron chi connectivity index (χ2n) is 4.28. The van der Waals surface area contributed by atoms with Crippen LogP contribution in [0, 0.1) is 17.2 Å². The zero-order valence-electron chi connectivity index (χ0n) is 10.0. The van der Waals surface area contributed by atoms with Crippen molar-refractivity contribution in [1.29, 1.82) is 5.26 Å². The molecule has 4 heteroatoms. The van der Waals surface area contributed by atoms with E-state index in [1.807, 2.05) is 0 Å². The Bertz CT molecular complexity index is 413. The van der Waals surface area contributed by atoms with Crippen LogP contribution in [-0.2, 0) is 4.74 Å². The van der Waals surface area contributed by atoms with Gasteiger partial charge in [0.2, 0.25) is 0 Å². The summed E-state index contributed by atoms with van der Waals surface area (Å²) in [4.78, 5) is 4.03. The van der Waals surface area contributed by atoms with Gasteiger partial charge in [-0.3, -0.25) is 4.98 Å². The van der Waals surface area contributed by atoms with Crippen LogP contribution >= 0.6 is 0 Å². The predicted octanol–water partition coefficient (Wildman–Crippen LogP) is 2.18. The van der Waals surface area contributed by atoms with Crippen molar-refractivity contribution in [3.8, 4) is 6.07 Å². The summed E-state index contributed by atoms with van der Waals surface area (Å²) in [5.41, 5.74) is 1.46. The van der Waals surface area contributed by atoms with Crippen LogP contribution in [0.1, 0.15) is 25.3 Å². The summed E-state index contributed by atoms with van der Waals surface area (Å²) in [5, 5.41) is 12.3. The van der Waals surface area contributed by atoms with Crippen molar-refractivity contribution in [3.63, 3.8) is 0 Å². The monoisotopic (exact) mass is 231 g/mol. The molecule has 1 saturated heterocycles. The van der Waals surface area contributed by atoms with E-state index >= 15 is 0 Å². The number of ether oxygens (including phenoxy) is 1. The van der Waals surface area contributed by atoms with Gasteiger partial charge in [-0.1, -0.05) is 6.92 Å². The van der Waals surface area contributed by atoms with Gasteiger partial charge in [0, 0.05) is 25.3 Å². The number of pyridine rings is 1. The molecule has 0 radical (unpaired) electrons. The van der Waals surface area contributed by atoms with E-state index in [2.05, 4.69) is 23.3 Å². The molecule has 0 saturated carbocycles. The SMILES string of the molecule is CCC1OCCC1CNc1cnccc1C#N. The molecule has 2 atom stereocenters. The number of nitrogens with zero attached hydrogens (tertiary/aromatic N) is 2. The highest BCUT2D eigenvalue weighted by molar-refractivity contribution is 5.55. The van der Waals surface area contributed by atoms with E-state index in [-0.39, 0.29) is 0 Å². The van der Waals surface area contributed by atoms with Gasteiger partial charge < -0.3 is 10.1 Å². The van der Waals surface area contributed by atoms with Crippen LogP contribution in [-0.4, -0.2) is 24.2 Å². The van der Waals surface area contributed by atoms with Crippen molar-refractivity contribution in [1.82, 2.24) is 4.98 Å². The fourth-order valence-corrected chi connectivity index (χ4v) is 2.25. The Morgan fingerprint density at radius 2 is 2.53 bits per heavy atom. The van der Waals surface area contributed by atoms with Gasteiger partial charge in [0.05, 0.1) is 23.6 Å². The van der Waals surface area contributed by atoms with Gasteiger partial charge >= 0.3 is 0 Å². The predicted molar refractivity (Wildman–Crippen MR) is 65.6 cm³/mol. The molecule has 0 spiro atoms. The summed E-state index contributed by atoms with van der Waals surface area (Å²) in [5.74, 6) is 0.534. The van der Waals surface area contributed by atoms with Gasteiger partial charge in [-0.15, -0.1) is 0 Å². The van der Waals surface area contributed by atoms with Gasteiger partial charge in [0.25, 0.3) is 0 Å². The molecule has 17 heavy (non-hydrogen) atoms. The zero-order chi connectivity index (χ0) is 12.1. The van der Waals surface area contributed by atoms with Crippen LogP contribution in [0.25, 0.3) is 0 Å². The van der Waals surface area contributed by atoms with Crippen LogP contribution in [0.15, 0.2) is 18.5 Å². The molecule has 0 aliphatic carbocycles. The molecule has 4 nitrogen and oxygen atoms in total. The number of nitriles is 1. The van der Waals surface area contributed by atoms with Gasteiger partial charge in [-0.05, 0) is 18.9 Å². The number of hydrogen-bond acceptors (Lipinski definition) is 4. The highest BCUT2D eigenvalue weighted by Crippen LogP contribution is 2.24. The van der Waals surface area contributed by atoms with E-state index in [4.69, 9.17) is 10.00 Å². The number of rotatable bonds is 4. The molecule has 1 fully saturated rings. The molecule has 1 aromatic rings. The summed E-state index contributed by atoms with van der Waals surface area (Å²) < 4.78 is 5.64. The number of nitrogens with one attached hydrogen (secondary N) is 1. The Hall–Kier alpha value is -1.60. The first kappa shape index (κ1) is 11.9. The molecule has 1 N–H and O–H groups in total. The molecule has 2 unspecified atom stereocenters. The molecule has 2 rings (SSSR count). The third-order valence-corrected chi connectivity index (χ3v) is 3.24. The molecule has 2 heterocycles. The third kappa shape index (κ3) is 2.75. The van der Waals surface area contributed by atoms with Crippen molar-refractivity contribution in [2.24, 2.45) is 5.92 Å². The van der Waals surface area contributed by atoms with E-state index in [0.29, 0.717) is 17.6 Å². The summed E-state index contributed by atoms with van der Waals surface area (Å²) in [6.07, 6.45) is 5.83. The van der Waals surface area contributed by atoms with E-state index in [9.17, 15) is 0 Å². The van der Waals surface area contributed by atoms with Gasteiger partial charge in [-0.2, -0.15) is 5.26 Å². The summed E-state index contributed by atoms with van der Waals surface area (Å²) in [6.45, 7) is 3.84. The molecule has 0 amide bonds. The normalized spacial score (nSPS) is 23.3. The lowest BCUT2D eigenvalue weighted by molar-refractivity contribution is 0.0900. The lowest BCUT2D eigenvalue weighted by atomic mass is 9.99. The fourth-order valence-electron chi connectivity index (χ4n) is 2.25. The molecule has 0 bridgehead atoms. The summed E-state index contributed by atoms with van der Waals surface area (Å²) in [6, 6.07) is 3.89. The minimum absolute atomic E-state index is 0.352. The Morgan fingerprint density at radius 1 is 1.65 bits per heavy atom. The van der Waals surface area contributed by atoms with Crippen LogP contribution in [0.5, 0.6) is 0 Å². The first-order chi connectivity index (χ1) is 8.35. The van der Waals surface area contributed by atoms with Crippen LogP contribution < -0.4 is 5.32 Å². The summed E-state index contributed by atoms with van der Waals surface area (Å²) in [7, 11) is 0. The molecular weight excluding hydrogens is 214 g/mol. The Labute approximate surface area is 102 Å². The highest BCUT2D eigenvalue weighted by atomic mass is 16.5. The lowest BCUT2D eigenvalue weighted by Gasteiger charge is -2.18. The van der Waals surface area contributed by atoms with Crippen molar-refractivity contribution in [3.05, 3.63) is 24.0 Å². The highest BCUT2D eigenvalue weighted by Gasteiger charge is 2.26. The van der Waals surface area contributed by atoms with Crippen molar-refractivity contribution < 1.29 is 4.74 Å². The molecule has 1 aliphatic rings. The first-order valence-electron chi connectivity index (χ1n) is 6.04. The Morgan fingerprint density at radius 3 is 3.29 bits per heavy atom. The molecule has 0 aromatic carbocycles. The third-order valence-electron chi connectivity index (χ3n) is 3.24. The quantitative estimate of drug-likeness (QED) is 0.862. The molecule has 90 valence electrons. The smallest absolute Gasteiger partial charge is 0.101 e. The average Bonchev–Trinajstić information content (AvgIpc) is 2.84. The van der Waals surface area contributed by atoms with Gasteiger partial charge in [-0.25, -0.2) is 0 Å². The van der Waals surface area contributed by atoms with E-state index in [1.165, 1.54) is 0 Å². The Balaban J connectivity index is 1.96. The Kier molecular flexibility index (Phi) is 3.94. The van der Waals surface area contributed by atoms with Gasteiger partial charge in [0.15, 0.2) is 0 Å². The maximum absolute atomic E-state index is 8.97. The number of anilines is 1. The van der Waals surface area contributed by atoms with Crippen LogP contribution in [0.4, 0.5) is 5.69 Å². The van der Waals surface area contributed by atoms with Gasteiger partial charge in [0.1, 0.15) is 6.07 Å². The first-order valence-corrected chi connectivity index (χ1v) is 6.04. The van der Waals surface area contributed by atoms with E-state index in [1.54, 1.807) is 18.5 Å². The summed E-state index contributed by atoms with van der Waals surface area (Å²) >= 11 is 0. The minimum atomic E-state index is 0.352. The number of hydrogen-bond donors (Lipinski definition) is 1. The minimum Gasteiger partial charge on any atom is -0.382 e. The standard InChI is InChI=1S/C13H17N3O/c1-2-13-11(4-6-17-13)8-16-12-9-15-5-3-10(12)7-14/h3,5,9,11,13,16H,2,4,6,8H2,1H3. The largest absolute Gasteiger partial charge is 0.382 e. The van der Waals surface area contributed by atoms with Crippen molar-refractivity contribution in [2.45, 2.75) is 25.9 Å². The van der Waals surface area contributed by atoms with Crippen LogP contribution in [0.2, 0.25) is 0 Å². The number of aromatic nitrogens is 1.